The maximum Gasteiger partial charge on any atom is 0.266 e. The average Bonchev–Trinajstić information content (AvgIpc) is 2.42. The van der Waals surface area contributed by atoms with Gasteiger partial charge in [0.1, 0.15) is 5.82 Å². The summed E-state index contributed by atoms with van der Waals surface area (Å²) in [5, 5.41) is 1.05. The predicted molar refractivity (Wildman–Crippen MR) is 84.8 cm³/mol. The van der Waals surface area contributed by atoms with Crippen molar-refractivity contribution >= 4 is 38.4 Å². The third kappa shape index (κ3) is 2.25. The van der Waals surface area contributed by atoms with Crippen LogP contribution in [0.1, 0.15) is 5.82 Å². The Morgan fingerprint density at radius 2 is 1.85 bits per heavy atom. The highest BCUT2D eigenvalue weighted by Gasteiger charge is 2.10. The molecule has 0 fully saturated rings. The second kappa shape index (κ2) is 5.04. The van der Waals surface area contributed by atoms with E-state index >= 15 is 0 Å². The fraction of sp³-hybridized carbons (Fsp3) is 0.0667. The Labute approximate surface area is 129 Å². The van der Waals surface area contributed by atoms with Crippen LogP contribution in [0.15, 0.2) is 51.7 Å². The monoisotopic (exact) mass is 348 g/mol. The maximum absolute atomic E-state index is 12.6. The van der Waals surface area contributed by atoms with Crippen molar-refractivity contribution in [1.29, 1.82) is 0 Å². The van der Waals surface area contributed by atoms with E-state index in [0.717, 1.165) is 10.2 Å². The van der Waals surface area contributed by atoms with Crippen LogP contribution >= 0.6 is 27.5 Å². The third-order valence-electron chi connectivity index (χ3n) is 3.08. The second-order valence-electron chi connectivity index (χ2n) is 4.44. The van der Waals surface area contributed by atoms with Crippen LogP contribution in [0.5, 0.6) is 0 Å². The molecule has 20 heavy (non-hydrogen) atoms. The molecule has 100 valence electrons. The summed E-state index contributed by atoms with van der Waals surface area (Å²) in [6.45, 7) is 1.82. The molecule has 5 heteroatoms. The maximum atomic E-state index is 12.6. The summed E-state index contributed by atoms with van der Waals surface area (Å²) in [5.74, 6) is 0.646. The summed E-state index contributed by atoms with van der Waals surface area (Å²) < 4.78 is 2.55. The standard InChI is InChI=1S/C15H10BrClN2O/c1-9-18-14-7-4-11(17)8-13(14)15(20)19(9)12-5-2-10(16)3-6-12/h2-8H,1H3. The molecule has 0 spiro atoms. The quantitative estimate of drug-likeness (QED) is 0.662. The molecule has 3 rings (SSSR count). The van der Waals surface area contributed by atoms with Gasteiger partial charge >= 0.3 is 0 Å². The molecule has 0 saturated carbocycles. The average molecular weight is 350 g/mol. The van der Waals surface area contributed by atoms with Crippen molar-refractivity contribution in [2.45, 2.75) is 6.92 Å². The van der Waals surface area contributed by atoms with Crippen molar-refractivity contribution in [3.8, 4) is 5.69 Å². The Balaban J connectivity index is 2.36. The molecule has 1 aromatic heterocycles. The van der Waals surface area contributed by atoms with Crippen molar-refractivity contribution in [2.24, 2.45) is 0 Å². The van der Waals surface area contributed by atoms with E-state index in [1.54, 1.807) is 22.8 Å². The molecule has 3 aromatic rings. The summed E-state index contributed by atoms with van der Waals surface area (Å²) >= 11 is 9.35. The zero-order valence-electron chi connectivity index (χ0n) is 10.6. The van der Waals surface area contributed by atoms with Gasteiger partial charge in [0.2, 0.25) is 0 Å². The lowest BCUT2D eigenvalue weighted by atomic mass is 10.2. The first-order chi connectivity index (χ1) is 9.56. The van der Waals surface area contributed by atoms with E-state index in [0.29, 0.717) is 21.7 Å². The fourth-order valence-corrected chi connectivity index (χ4v) is 2.60. The molecule has 1 heterocycles. The molecular formula is C15H10BrClN2O. The van der Waals surface area contributed by atoms with Crippen LogP contribution in [0, 0.1) is 6.92 Å². The first-order valence-electron chi connectivity index (χ1n) is 6.01. The van der Waals surface area contributed by atoms with E-state index in [4.69, 9.17) is 11.6 Å². The zero-order chi connectivity index (χ0) is 14.3. The Morgan fingerprint density at radius 1 is 1.15 bits per heavy atom. The summed E-state index contributed by atoms with van der Waals surface area (Å²) in [6.07, 6.45) is 0. The van der Waals surface area contributed by atoms with E-state index in [1.807, 2.05) is 31.2 Å². The molecule has 0 aliphatic carbocycles. The van der Waals surface area contributed by atoms with Gasteiger partial charge in [-0.25, -0.2) is 4.98 Å². The van der Waals surface area contributed by atoms with E-state index in [1.165, 1.54) is 0 Å². The largest absolute Gasteiger partial charge is 0.268 e. The first kappa shape index (κ1) is 13.3. The van der Waals surface area contributed by atoms with Crippen molar-refractivity contribution in [3.63, 3.8) is 0 Å². The van der Waals surface area contributed by atoms with E-state index < -0.39 is 0 Å². The van der Waals surface area contributed by atoms with Gasteiger partial charge in [-0.1, -0.05) is 27.5 Å². The van der Waals surface area contributed by atoms with Crippen LogP contribution in [-0.4, -0.2) is 9.55 Å². The third-order valence-corrected chi connectivity index (χ3v) is 3.85. The summed E-state index contributed by atoms with van der Waals surface area (Å²) in [4.78, 5) is 17.1. The van der Waals surface area contributed by atoms with E-state index in [-0.39, 0.29) is 5.56 Å². The molecule has 2 aromatic carbocycles. The van der Waals surface area contributed by atoms with Crippen LogP contribution in [0.4, 0.5) is 0 Å². The number of aryl methyl sites for hydroxylation is 1. The lowest BCUT2D eigenvalue weighted by Gasteiger charge is -2.11. The van der Waals surface area contributed by atoms with Gasteiger partial charge in [0, 0.05) is 9.50 Å². The first-order valence-corrected chi connectivity index (χ1v) is 7.18. The van der Waals surface area contributed by atoms with Gasteiger partial charge in [-0.15, -0.1) is 0 Å². The van der Waals surface area contributed by atoms with E-state index in [2.05, 4.69) is 20.9 Å². The topological polar surface area (TPSA) is 34.9 Å². The molecule has 0 aliphatic heterocycles. The van der Waals surface area contributed by atoms with Gasteiger partial charge < -0.3 is 0 Å². The highest BCUT2D eigenvalue weighted by molar-refractivity contribution is 9.10. The van der Waals surface area contributed by atoms with Gasteiger partial charge in [-0.3, -0.25) is 9.36 Å². The number of rotatable bonds is 1. The van der Waals surface area contributed by atoms with Crippen molar-refractivity contribution < 1.29 is 0 Å². The molecule has 0 atom stereocenters. The van der Waals surface area contributed by atoms with Gasteiger partial charge in [-0.2, -0.15) is 0 Å². The lowest BCUT2D eigenvalue weighted by molar-refractivity contribution is 0.894. The number of nitrogens with zero attached hydrogens (tertiary/aromatic N) is 2. The number of aromatic nitrogens is 2. The summed E-state index contributed by atoms with van der Waals surface area (Å²) in [5.41, 5.74) is 1.33. The van der Waals surface area contributed by atoms with Gasteiger partial charge in [0.25, 0.3) is 5.56 Å². The Bertz CT molecular complexity index is 856. The van der Waals surface area contributed by atoms with Crippen LogP contribution in [0.25, 0.3) is 16.6 Å². The molecule has 3 nitrogen and oxygen atoms in total. The number of fused-ring (bicyclic) bond motifs is 1. The molecule has 0 aliphatic rings. The molecule has 0 saturated heterocycles. The molecular weight excluding hydrogens is 340 g/mol. The smallest absolute Gasteiger partial charge is 0.266 e. The number of hydrogen-bond acceptors (Lipinski definition) is 2. The molecule has 0 amide bonds. The fourth-order valence-electron chi connectivity index (χ4n) is 2.16. The molecule has 0 radical (unpaired) electrons. The molecule has 0 unspecified atom stereocenters. The zero-order valence-corrected chi connectivity index (χ0v) is 12.9. The predicted octanol–water partition coefficient (Wildman–Crippen LogP) is 4.11. The Morgan fingerprint density at radius 3 is 2.55 bits per heavy atom. The highest BCUT2D eigenvalue weighted by atomic mass is 79.9. The minimum Gasteiger partial charge on any atom is -0.268 e. The van der Waals surface area contributed by atoms with Crippen LogP contribution in [0.3, 0.4) is 0 Å². The van der Waals surface area contributed by atoms with E-state index in [9.17, 15) is 4.79 Å². The lowest BCUT2D eigenvalue weighted by Crippen LogP contribution is -2.22. The summed E-state index contributed by atoms with van der Waals surface area (Å²) in [6, 6.07) is 12.7. The van der Waals surface area contributed by atoms with Crippen molar-refractivity contribution in [2.75, 3.05) is 0 Å². The number of benzene rings is 2. The number of hydrogen-bond donors (Lipinski definition) is 0. The summed E-state index contributed by atoms with van der Waals surface area (Å²) in [7, 11) is 0. The van der Waals surface area contributed by atoms with Gasteiger partial charge in [0.15, 0.2) is 0 Å². The minimum absolute atomic E-state index is 0.114. The Kier molecular flexibility index (Phi) is 3.36. The van der Waals surface area contributed by atoms with Crippen molar-refractivity contribution in [1.82, 2.24) is 9.55 Å². The minimum atomic E-state index is -0.114. The Hall–Kier alpha value is -1.65. The van der Waals surface area contributed by atoms with Crippen molar-refractivity contribution in [3.05, 3.63) is 68.1 Å². The second-order valence-corrected chi connectivity index (χ2v) is 5.79. The van der Waals surface area contributed by atoms with Crippen LogP contribution < -0.4 is 5.56 Å². The van der Waals surface area contributed by atoms with Gasteiger partial charge in [-0.05, 0) is 49.4 Å². The molecule has 0 bridgehead atoms. The molecule has 0 N–H and O–H groups in total. The highest BCUT2D eigenvalue weighted by Crippen LogP contribution is 2.18. The van der Waals surface area contributed by atoms with Crippen LogP contribution in [0.2, 0.25) is 5.02 Å². The van der Waals surface area contributed by atoms with Gasteiger partial charge in [0.05, 0.1) is 16.6 Å². The number of halogens is 2. The van der Waals surface area contributed by atoms with Crippen LogP contribution in [-0.2, 0) is 0 Å². The SMILES string of the molecule is Cc1nc2ccc(Cl)cc2c(=O)n1-c1ccc(Br)cc1. The normalized spacial score (nSPS) is 10.9.